The topological polar surface area (TPSA) is 51.0 Å². The quantitative estimate of drug-likeness (QED) is 0.824. The van der Waals surface area contributed by atoms with Gasteiger partial charge in [0.25, 0.3) is 0 Å². The molecule has 2 aromatic heterocycles. The first-order valence-electron chi connectivity index (χ1n) is 4.89. The Labute approximate surface area is 88.3 Å². The fourth-order valence-electron chi connectivity index (χ4n) is 1.34. The van der Waals surface area contributed by atoms with Crippen molar-refractivity contribution in [3.63, 3.8) is 0 Å². The molecule has 0 saturated heterocycles. The number of nitrogens with zero attached hydrogens (tertiary/aromatic N) is 2. The predicted molar refractivity (Wildman–Crippen MR) is 56.0 cm³/mol. The molecule has 0 spiro atoms. The lowest BCUT2D eigenvalue weighted by molar-refractivity contribution is 0.366. The molecule has 78 valence electrons. The van der Waals surface area contributed by atoms with E-state index in [1.165, 1.54) is 0 Å². The van der Waals surface area contributed by atoms with Crippen LogP contribution in [0.25, 0.3) is 0 Å². The lowest BCUT2D eigenvalue weighted by Crippen LogP contribution is -2.17. The Morgan fingerprint density at radius 1 is 1.40 bits per heavy atom. The zero-order valence-corrected chi connectivity index (χ0v) is 8.55. The Morgan fingerprint density at radius 3 is 3.00 bits per heavy atom. The molecule has 4 nitrogen and oxygen atoms in total. The molecule has 0 aliphatic rings. The molecular weight excluding hydrogens is 190 g/mol. The van der Waals surface area contributed by atoms with E-state index in [-0.39, 0.29) is 6.04 Å². The summed E-state index contributed by atoms with van der Waals surface area (Å²) in [4.78, 5) is 4.07. The number of nitrogens with one attached hydrogen (secondary N) is 1. The summed E-state index contributed by atoms with van der Waals surface area (Å²) in [6.45, 7) is 2.77. The highest BCUT2D eigenvalue weighted by Gasteiger charge is 2.05. The van der Waals surface area contributed by atoms with Gasteiger partial charge in [-0.1, -0.05) is 11.2 Å². The van der Waals surface area contributed by atoms with Crippen LogP contribution >= 0.6 is 0 Å². The highest BCUT2D eigenvalue weighted by Crippen LogP contribution is 2.10. The molecule has 0 radical (unpaired) electrons. The van der Waals surface area contributed by atoms with E-state index in [1.54, 1.807) is 12.4 Å². The van der Waals surface area contributed by atoms with Gasteiger partial charge in [-0.05, 0) is 18.6 Å². The van der Waals surface area contributed by atoms with Crippen LogP contribution in [0.1, 0.15) is 24.3 Å². The van der Waals surface area contributed by atoms with Gasteiger partial charge < -0.3 is 9.84 Å². The first-order valence-corrected chi connectivity index (χ1v) is 4.89. The number of hydrogen-bond donors (Lipinski definition) is 1. The van der Waals surface area contributed by atoms with Crippen molar-refractivity contribution in [1.82, 2.24) is 15.5 Å². The maximum Gasteiger partial charge on any atom is 0.150 e. The number of aromatic nitrogens is 2. The van der Waals surface area contributed by atoms with Gasteiger partial charge in [-0.25, -0.2) is 0 Å². The van der Waals surface area contributed by atoms with E-state index in [4.69, 9.17) is 4.52 Å². The molecule has 0 fully saturated rings. The van der Waals surface area contributed by atoms with Crippen molar-refractivity contribution in [2.24, 2.45) is 0 Å². The molecule has 2 heterocycles. The van der Waals surface area contributed by atoms with Crippen LogP contribution in [0.5, 0.6) is 0 Å². The van der Waals surface area contributed by atoms with Gasteiger partial charge in [0.15, 0.2) is 0 Å². The zero-order chi connectivity index (χ0) is 10.5. The van der Waals surface area contributed by atoms with Crippen molar-refractivity contribution >= 4 is 0 Å². The maximum atomic E-state index is 4.99. The second-order valence-corrected chi connectivity index (χ2v) is 3.37. The third-order valence-corrected chi connectivity index (χ3v) is 2.26. The average Bonchev–Trinajstić information content (AvgIpc) is 2.80. The molecule has 4 heteroatoms. The van der Waals surface area contributed by atoms with E-state index in [0.717, 1.165) is 11.3 Å². The van der Waals surface area contributed by atoms with Crippen molar-refractivity contribution in [3.8, 4) is 0 Å². The van der Waals surface area contributed by atoms with Gasteiger partial charge in [0, 0.05) is 24.5 Å². The molecule has 0 bridgehead atoms. The average molecular weight is 203 g/mol. The van der Waals surface area contributed by atoms with E-state index in [2.05, 4.69) is 22.4 Å². The number of pyridine rings is 1. The third-order valence-electron chi connectivity index (χ3n) is 2.26. The second kappa shape index (κ2) is 4.70. The van der Waals surface area contributed by atoms with Gasteiger partial charge >= 0.3 is 0 Å². The van der Waals surface area contributed by atoms with Gasteiger partial charge in [0.05, 0.1) is 12.7 Å². The van der Waals surface area contributed by atoms with E-state index >= 15 is 0 Å². The summed E-state index contributed by atoms with van der Waals surface area (Å²) >= 11 is 0. The predicted octanol–water partition coefficient (Wildman–Crippen LogP) is 1.92. The Balaban J connectivity index is 1.90. The van der Waals surface area contributed by atoms with Crippen molar-refractivity contribution in [1.29, 1.82) is 0 Å². The highest BCUT2D eigenvalue weighted by molar-refractivity contribution is 5.12. The molecule has 0 saturated carbocycles. The van der Waals surface area contributed by atoms with Crippen molar-refractivity contribution in [2.75, 3.05) is 0 Å². The fraction of sp³-hybridized carbons (Fsp3) is 0.273. The van der Waals surface area contributed by atoms with Crippen LogP contribution in [0.15, 0.2) is 41.3 Å². The van der Waals surface area contributed by atoms with Crippen LogP contribution < -0.4 is 5.32 Å². The van der Waals surface area contributed by atoms with Crippen LogP contribution in [0.3, 0.4) is 0 Å². The number of hydrogen-bond acceptors (Lipinski definition) is 4. The summed E-state index contributed by atoms with van der Waals surface area (Å²) in [7, 11) is 0. The van der Waals surface area contributed by atoms with Gasteiger partial charge in [-0.3, -0.25) is 4.98 Å². The summed E-state index contributed by atoms with van der Waals surface area (Å²) in [6, 6.07) is 6.08. The Morgan fingerprint density at radius 2 is 2.33 bits per heavy atom. The Bertz CT molecular complexity index is 385. The molecular formula is C11H13N3O. The van der Waals surface area contributed by atoms with Gasteiger partial charge in [-0.15, -0.1) is 0 Å². The van der Waals surface area contributed by atoms with Gasteiger partial charge in [-0.2, -0.15) is 0 Å². The minimum atomic E-state index is 0.254. The Hall–Kier alpha value is -1.68. The summed E-state index contributed by atoms with van der Waals surface area (Å²) in [5.74, 6) is 0.839. The van der Waals surface area contributed by atoms with E-state index in [9.17, 15) is 0 Å². The first kappa shape index (κ1) is 9.86. The lowest BCUT2D eigenvalue weighted by atomic mass is 10.1. The smallest absolute Gasteiger partial charge is 0.150 e. The van der Waals surface area contributed by atoms with Crippen molar-refractivity contribution < 1.29 is 4.52 Å². The van der Waals surface area contributed by atoms with E-state index < -0.39 is 0 Å². The Kier molecular flexibility index (Phi) is 3.09. The minimum absolute atomic E-state index is 0.254. The van der Waals surface area contributed by atoms with E-state index in [0.29, 0.717) is 6.54 Å². The maximum absolute atomic E-state index is 4.99. The molecule has 0 aliphatic heterocycles. The molecule has 0 amide bonds. The van der Waals surface area contributed by atoms with Crippen molar-refractivity contribution in [3.05, 3.63) is 48.1 Å². The molecule has 0 aromatic carbocycles. The van der Waals surface area contributed by atoms with E-state index in [1.807, 2.05) is 24.4 Å². The van der Waals surface area contributed by atoms with Gasteiger partial charge in [0.2, 0.25) is 0 Å². The number of rotatable bonds is 4. The van der Waals surface area contributed by atoms with Crippen LogP contribution in [-0.4, -0.2) is 10.1 Å². The summed E-state index contributed by atoms with van der Waals surface area (Å²) in [6.07, 6.45) is 5.27. The zero-order valence-electron chi connectivity index (χ0n) is 8.55. The monoisotopic (exact) mass is 203 g/mol. The molecule has 15 heavy (non-hydrogen) atoms. The summed E-state index contributed by atoms with van der Waals surface area (Å²) in [5.41, 5.74) is 1.16. The molecule has 1 N–H and O–H groups in total. The lowest BCUT2D eigenvalue weighted by Gasteiger charge is -2.11. The minimum Gasteiger partial charge on any atom is -0.360 e. The normalized spacial score (nSPS) is 12.6. The van der Waals surface area contributed by atoms with Crippen LogP contribution in [0.2, 0.25) is 0 Å². The molecule has 1 atom stereocenters. The third kappa shape index (κ3) is 2.63. The summed E-state index contributed by atoms with van der Waals surface area (Å²) < 4.78 is 4.99. The second-order valence-electron chi connectivity index (χ2n) is 3.37. The highest BCUT2D eigenvalue weighted by atomic mass is 16.5. The fourth-order valence-corrected chi connectivity index (χ4v) is 1.34. The first-order chi connectivity index (χ1) is 7.36. The van der Waals surface area contributed by atoms with Crippen LogP contribution in [0, 0.1) is 0 Å². The molecule has 1 unspecified atom stereocenters. The standard InChI is InChI=1S/C11H13N3O/c1-9(10-3-2-5-12-7-10)13-8-11-4-6-14-15-11/h2-7,9,13H,8H2,1H3. The molecule has 0 aliphatic carbocycles. The largest absolute Gasteiger partial charge is 0.360 e. The van der Waals surface area contributed by atoms with Gasteiger partial charge in [0.1, 0.15) is 5.76 Å². The SMILES string of the molecule is CC(NCc1ccno1)c1cccnc1. The molecule has 2 aromatic rings. The molecule has 2 rings (SSSR count). The van der Waals surface area contributed by atoms with Crippen molar-refractivity contribution in [2.45, 2.75) is 19.5 Å². The summed E-state index contributed by atoms with van der Waals surface area (Å²) in [5, 5.41) is 6.97. The van der Waals surface area contributed by atoms with Crippen LogP contribution in [0.4, 0.5) is 0 Å². The van der Waals surface area contributed by atoms with Crippen LogP contribution in [-0.2, 0) is 6.54 Å².